The van der Waals surface area contributed by atoms with Crippen LogP contribution in [0.15, 0.2) is 46.4 Å². The van der Waals surface area contributed by atoms with Gasteiger partial charge in [-0.05, 0) is 23.1 Å². The zero-order chi connectivity index (χ0) is 14.1. The van der Waals surface area contributed by atoms with Crippen LogP contribution in [-0.2, 0) is 4.79 Å². The average molecular weight is 286 g/mol. The number of carbonyl (C=O) groups is 2. The number of hydrogen-bond donors (Lipinski definition) is 1. The zero-order valence-corrected chi connectivity index (χ0v) is 11.1. The van der Waals surface area contributed by atoms with Gasteiger partial charge in [0.15, 0.2) is 5.78 Å². The monoisotopic (exact) mass is 286 g/mol. The van der Waals surface area contributed by atoms with Gasteiger partial charge in [-0.3, -0.25) is 9.59 Å². The first-order chi connectivity index (χ1) is 9.65. The SMILES string of the molecule is O=C(O)CC(=O)c1cc(-c2coc3ccccc23)cs1. The molecule has 100 valence electrons. The molecule has 0 aliphatic heterocycles. The molecule has 1 aromatic carbocycles. The highest BCUT2D eigenvalue weighted by Crippen LogP contribution is 2.33. The van der Waals surface area contributed by atoms with Gasteiger partial charge < -0.3 is 9.52 Å². The van der Waals surface area contributed by atoms with Gasteiger partial charge in [-0.15, -0.1) is 11.3 Å². The van der Waals surface area contributed by atoms with E-state index in [9.17, 15) is 9.59 Å². The Kier molecular flexibility index (Phi) is 3.12. The van der Waals surface area contributed by atoms with E-state index >= 15 is 0 Å². The third kappa shape index (κ3) is 2.23. The molecular weight excluding hydrogens is 276 g/mol. The minimum Gasteiger partial charge on any atom is -0.481 e. The van der Waals surface area contributed by atoms with Crippen LogP contribution in [0, 0.1) is 0 Å². The number of thiophene rings is 1. The third-order valence-corrected chi connectivity index (χ3v) is 3.95. The predicted octanol–water partition coefficient (Wildman–Crippen LogP) is 3.82. The fourth-order valence-electron chi connectivity index (χ4n) is 2.05. The highest BCUT2D eigenvalue weighted by Gasteiger charge is 2.15. The Hall–Kier alpha value is -2.40. The Bertz CT molecular complexity index is 797. The molecule has 0 saturated heterocycles. The van der Waals surface area contributed by atoms with E-state index < -0.39 is 12.4 Å². The van der Waals surface area contributed by atoms with E-state index in [1.807, 2.05) is 29.6 Å². The van der Waals surface area contributed by atoms with Crippen LogP contribution in [0.25, 0.3) is 22.1 Å². The van der Waals surface area contributed by atoms with Gasteiger partial charge in [-0.1, -0.05) is 18.2 Å². The van der Waals surface area contributed by atoms with Crippen molar-refractivity contribution in [1.29, 1.82) is 0 Å². The number of benzene rings is 1. The Morgan fingerprint density at radius 2 is 2.05 bits per heavy atom. The van der Waals surface area contributed by atoms with Crippen molar-refractivity contribution >= 4 is 34.1 Å². The van der Waals surface area contributed by atoms with Crippen LogP contribution >= 0.6 is 11.3 Å². The number of Topliss-reactive ketones (excluding diaryl/α,β-unsaturated/α-hetero) is 1. The van der Waals surface area contributed by atoms with E-state index in [1.54, 1.807) is 12.3 Å². The summed E-state index contributed by atoms with van der Waals surface area (Å²) < 4.78 is 5.46. The lowest BCUT2D eigenvalue weighted by molar-refractivity contribution is -0.135. The van der Waals surface area contributed by atoms with Crippen molar-refractivity contribution in [1.82, 2.24) is 0 Å². The molecule has 0 amide bonds. The summed E-state index contributed by atoms with van der Waals surface area (Å²) in [7, 11) is 0. The Labute approximate surface area is 118 Å². The third-order valence-electron chi connectivity index (χ3n) is 2.98. The molecule has 2 aromatic heterocycles. The van der Waals surface area contributed by atoms with E-state index in [1.165, 1.54) is 11.3 Å². The molecule has 20 heavy (non-hydrogen) atoms. The van der Waals surface area contributed by atoms with Gasteiger partial charge >= 0.3 is 5.97 Å². The zero-order valence-electron chi connectivity index (χ0n) is 10.3. The molecule has 0 fully saturated rings. The maximum Gasteiger partial charge on any atom is 0.311 e. The smallest absolute Gasteiger partial charge is 0.311 e. The minimum absolute atomic E-state index is 0.374. The summed E-state index contributed by atoms with van der Waals surface area (Å²) in [6.07, 6.45) is 1.17. The second kappa shape index (κ2) is 4.94. The van der Waals surface area contributed by atoms with E-state index in [4.69, 9.17) is 9.52 Å². The molecule has 0 spiro atoms. The summed E-state index contributed by atoms with van der Waals surface area (Å²) >= 11 is 1.25. The van der Waals surface area contributed by atoms with Crippen LogP contribution in [0.3, 0.4) is 0 Å². The molecule has 0 aliphatic carbocycles. The normalized spacial score (nSPS) is 10.8. The number of furan rings is 1. The van der Waals surface area contributed by atoms with E-state index in [2.05, 4.69) is 0 Å². The molecule has 0 saturated carbocycles. The van der Waals surface area contributed by atoms with E-state index in [-0.39, 0.29) is 5.78 Å². The maximum absolute atomic E-state index is 11.7. The van der Waals surface area contributed by atoms with Crippen LogP contribution in [0.5, 0.6) is 0 Å². The summed E-state index contributed by atoms with van der Waals surface area (Å²) in [5, 5.41) is 11.5. The Balaban J connectivity index is 1.98. The predicted molar refractivity (Wildman–Crippen MR) is 76.1 cm³/mol. The first-order valence-electron chi connectivity index (χ1n) is 5.95. The minimum atomic E-state index is -1.11. The van der Waals surface area contributed by atoms with Crippen LogP contribution in [0.1, 0.15) is 16.1 Å². The van der Waals surface area contributed by atoms with Gasteiger partial charge in [0.25, 0.3) is 0 Å². The number of aliphatic carboxylic acids is 1. The fourth-order valence-corrected chi connectivity index (χ4v) is 2.90. The van der Waals surface area contributed by atoms with Crippen molar-refractivity contribution < 1.29 is 19.1 Å². The number of hydrogen-bond acceptors (Lipinski definition) is 4. The van der Waals surface area contributed by atoms with Gasteiger partial charge in [-0.2, -0.15) is 0 Å². The molecule has 0 radical (unpaired) electrons. The largest absolute Gasteiger partial charge is 0.481 e. The molecule has 1 N–H and O–H groups in total. The summed E-state index contributed by atoms with van der Waals surface area (Å²) in [5.74, 6) is -1.49. The number of ketones is 1. The Morgan fingerprint density at radius 3 is 2.85 bits per heavy atom. The van der Waals surface area contributed by atoms with Crippen LogP contribution < -0.4 is 0 Å². The number of carboxylic acid groups (broad SMARTS) is 1. The van der Waals surface area contributed by atoms with Crippen LogP contribution in [0.4, 0.5) is 0 Å². The van der Waals surface area contributed by atoms with E-state index in [0.717, 1.165) is 22.1 Å². The van der Waals surface area contributed by atoms with Crippen molar-refractivity contribution in [3.63, 3.8) is 0 Å². The number of rotatable bonds is 4. The quantitative estimate of drug-likeness (QED) is 0.585. The lowest BCUT2D eigenvalue weighted by Crippen LogP contribution is -2.04. The summed E-state index contributed by atoms with van der Waals surface area (Å²) in [6, 6.07) is 9.36. The molecule has 0 bridgehead atoms. The highest BCUT2D eigenvalue weighted by molar-refractivity contribution is 7.12. The first-order valence-corrected chi connectivity index (χ1v) is 6.83. The molecule has 4 nitrogen and oxygen atoms in total. The molecule has 0 aliphatic rings. The van der Waals surface area contributed by atoms with Gasteiger partial charge in [0, 0.05) is 10.9 Å². The molecular formula is C15H10O4S. The molecule has 5 heteroatoms. The van der Waals surface area contributed by atoms with Crippen molar-refractivity contribution in [3.8, 4) is 11.1 Å². The number of carbonyl (C=O) groups excluding carboxylic acids is 1. The van der Waals surface area contributed by atoms with Crippen molar-refractivity contribution in [2.75, 3.05) is 0 Å². The topological polar surface area (TPSA) is 67.5 Å². The number of carboxylic acids is 1. The second-order valence-electron chi connectivity index (χ2n) is 4.34. The lowest BCUT2D eigenvalue weighted by atomic mass is 10.1. The summed E-state index contributed by atoms with van der Waals surface area (Å²) in [6.45, 7) is 0. The molecule has 0 unspecified atom stereocenters. The Morgan fingerprint density at radius 1 is 1.25 bits per heavy atom. The fraction of sp³-hybridized carbons (Fsp3) is 0.0667. The summed E-state index contributed by atoms with van der Waals surface area (Å²) in [4.78, 5) is 22.7. The first kappa shape index (κ1) is 12.6. The van der Waals surface area contributed by atoms with Gasteiger partial charge in [0.2, 0.25) is 0 Å². The molecule has 3 rings (SSSR count). The van der Waals surface area contributed by atoms with Crippen LogP contribution in [0.2, 0.25) is 0 Å². The van der Waals surface area contributed by atoms with Gasteiger partial charge in [0.1, 0.15) is 12.0 Å². The number of para-hydroxylation sites is 1. The van der Waals surface area contributed by atoms with Crippen molar-refractivity contribution in [3.05, 3.63) is 46.9 Å². The van der Waals surface area contributed by atoms with Crippen LogP contribution in [-0.4, -0.2) is 16.9 Å². The maximum atomic E-state index is 11.7. The lowest BCUT2D eigenvalue weighted by Gasteiger charge is -1.93. The van der Waals surface area contributed by atoms with Gasteiger partial charge in [-0.25, -0.2) is 0 Å². The average Bonchev–Trinajstić information content (AvgIpc) is 3.04. The summed E-state index contributed by atoms with van der Waals surface area (Å²) in [5.41, 5.74) is 2.56. The number of fused-ring (bicyclic) bond motifs is 1. The van der Waals surface area contributed by atoms with Gasteiger partial charge in [0.05, 0.1) is 11.1 Å². The molecule has 3 aromatic rings. The second-order valence-corrected chi connectivity index (χ2v) is 5.25. The molecule has 2 heterocycles. The molecule has 0 atom stereocenters. The van der Waals surface area contributed by atoms with Crippen molar-refractivity contribution in [2.45, 2.75) is 6.42 Å². The standard InChI is InChI=1S/C15H10O4S/c16-12(6-15(17)18)14-5-9(8-20-14)11-7-19-13-4-2-1-3-10(11)13/h1-5,7-8H,6H2,(H,17,18). The van der Waals surface area contributed by atoms with Crippen molar-refractivity contribution in [2.24, 2.45) is 0 Å². The van der Waals surface area contributed by atoms with E-state index in [0.29, 0.717) is 4.88 Å². The highest BCUT2D eigenvalue weighted by atomic mass is 32.1.